The highest BCUT2D eigenvalue weighted by atomic mass is 32.2. The minimum Gasteiger partial charge on any atom is -0.481 e. The molecule has 3 rings (SSSR count). The zero-order valence-corrected chi connectivity index (χ0v) is 13.5. The highest BCUT2D eigenvalue weighted by Crippen LogP contribution is 2.36. The zero-order valence-electron chi connectivity index (χ0n) is 12.7. The van der Waals surface area contributed by atoms with E-state index >= 15 is 0 Å². The molecule has 2 aromatic carbocycles. The van der Waals surface area contributed by atoms with Gasteiger partial charge in [0.1, 0.15) is 0 Å². The van der Waals surface area contributed by atoms with E-state index in [-0.39, 0.29) is 6.42 Å². The molecule has 0 aliphatic carbocycles. The normalized spacial score (nSPS) is 11.6. The quantitative estimate of drug-likeness (QED) is 0.671. The Morgan fingerprint density at radius 3 is 2.73 bits per heavy atom. The summed E-state index contributed by atoms with van der Waals surface area (Å²) in [6.07, 6.45) is 0.0561. The molecule has 0 fully saturated rings. The summed E-state index contributed by atoms with van der Waals surface area (Å²) in [6.45, 7) is 4.39. The first-order chi connectivity index (χ1) is 10.5. The average Bonchev–Trinajstić information content (AvgIpc) is 2.82. The summed E-state index contributed by atoms with van der Waals surface area (Å²) in [5, 5.41) is 11.5. The monoisotopic (exact) mass is 313 g/mol. The predicted octanol–water partition coefficient (Wildman–Crippen LogP) is 4.70. The van der Waals surface area contributed by atoms with Crippen LogP contribution in [0, 0.1) is 5.92 Å². The SMILES string of the molecule is CC(C)CSc1cc(CC(=O)O)cc2[nH]c3ccccc3c12. The summed E-state index contributed by atoms with van der Waals surface area (Å²) in [5.74, 6) is 0.814. The lowest BCUT2D eigenvalue weighted by Gasteiger charge is -2.09. The van der Waals surface area contributed by atoms with Crippen molar-refractivity contribution in [3.05, 3.63) is 42.0 Å². The van der Waals surface area contributed by atoms with Crippen molar-refractivity contribution in [2.75, 3.05) is 5.75 Å². The molecule has 114 valence electrons. The summed E-state index contributed by atoms with van der Waals surface area (Å²) in [4.78, 5) is 15.6. The van der Waals surface area contributed by atoms with Gasteiger partial charge in [0.25, 0.3) is 0 Å². The second-order valence-electron chi connectivity index (χ2n) is 5.96. The number of carboxylic acid groups (broad SMARTS) is 1. The third-order valence-corrected chi connectivity index (χ3v) is 5.02. The van der Waals surface area contributed by atoms with E-state index < -0.39 is 5.97 Å². The van der Waals surface area contributed by atoms with Crippen LogP contribution in [0.25, 0.3) is 21.8 Å². The first-order valence-corrected chi connectivity index (χ1v) is 8.41. The number of carbonyl (C=O) groups is 1. The number of nitrogens with one attached hydrogen (secondary N) is 1. The molecule has 22 heavy (non-hydrogen) atoms. The summed E-state index contributed by atoms with van der Waals surface area (Å²) >= 11 is 1.81. The number of carboxylic acids is 1. The fraction of sp³-hybridized carbons (Fsp3) is 0.278. The number of para-hydroxylation sites is 1. The van der Waals surface area contributed by atoms with Crippen LogP contribution < -0.4 is 0 Å². The molecule has 0 saturated carbocycles. The molecular weight excluding hydrogens is 294 g/mol. The van der Waals surface area contributed by atoms with E-state index in [0.717, 1.165) is 22.3 Å². The third kappa shape index (κ3) is 2.97. The Morgan fingerprint density at radius 1 is 1.23 bits per heavy atom. The summed E-state index contributed by atoms with van der Waals surface area (Å²) < 4.78 is 0. The Morgan fingerprint density at radius 2 is 2.00 bits per heavy atom. The number of hydrogen-bond donors (Lipinski definition) is 2. The van der Waals surface area contributed by atoms with Crippen LogP contribution in [0.5, 0.6) is 0 Å². The van der Waals surface area contributed by atoms with Crippen LogP contribution in [0.2, 0.25) is 0 Å². The van der Waals surface area contributed by atoms with E-state index in [1.54, 1.807) is 11.8 Å². The van der Waals surface area contributed by atoms with Gasteiger partial charge in [-0.3, -0.25) is 4.79 Å². The van der Waals surface area contributed by atoms with Gasteiger partial charge in [0.05, 0.1) is 6.42 Å². The standard InChI is InChI=1S/C18H19NO2S/c1-11(2)10-22-16-8-12(9-17(20)21)7-15-18(16)13-5-3-4-6-14(13)19-15/h3-8,11,19H,9-10H2,1-2H3,(H,20,21). The molecule has 2 N–H and O–H groups in total. The maximum atomic E-state index is 11.0. The van der Waals surface area contributed by atoms with Crippen molar-refractivity contribution in [1.82, 2.24) is 4.98 Å². The lowest BCUT2D eigenvalue weighted by Crippen LogP contribution is -2.00. The molecular formula is C18H19NO2S. The first-order valence-electron chi connectivity index (χ1n) is 7.42. The third-order valence-electron chi connectivity index (χ3n) is 3.56. The Labute approximate surface area is 133 Å². The van der Waals surface area contributed by atoms with Gasteiger partial charge >= 0.3 is 5.97 Å². The largest absolute Gasteiger partial charge is 0.481 e. The number of hydrogen-bond acceptors (Lipinski definition) is 2. The van der Waals surface area contributed by atoms with Crippen LogP contribution in [0.1, 0.15) is 19.4 Å². The van der Waals surface area contributed by atoms with E-state index in [4.69, 9.17) is 5.11 Å². The van der Waals surface area contributed by atoms with E-state index in [2.05, 4.69) is 31.0 Å². The van der Waals surface area contributed by atoms with Crippen LogP contribution in [0.15, 0.2) is 41.3 Å². The number of aliphatic carboxylic acids is 1. The Bertz CT molecular complexity index is 836. The number of H-pyrrole nitrogens is 1. The Balaban J connectivity index is 2.19. The van der Waals surface area contributed by atoms with Gasteiger partial charge in [-0.1, -0.05) is 32.0 Å². The highest BCUT2D eigenvalue weighted by Gasteiger charge is 2.13. The molecule has 0 saturated heterocycles. The van der Waals surface area contributed by atoms with Crippen molar-refractivity contribution in [1.29, 1.82) is 0 Å². The lowest BCUT2D eigenvalue weighted by molar-refractivity contribution is -0.136. The smallest absolute Gasteiger partial charge is 0.307 e. The maximum absolute atomic E-state index is 11.0. The highest BCUT2D eigenvalue weighted by molar-refractivity contribution is 7.99. The number of fused-ring (bicyclic) bond motifs is 3. The average molecular weight is 313 g/mol. The van der Waals surface area contributed by atoms with Gasteiger partial charge in [0, 0.05) is 32.5 Å². The Kier molecular flexibility index (Phi) is 4.12. The van der Waals surface area contributed by atoms with Gasteiger partial charge in [0.15, 0.2) is 0 Å². The molecule has 1 heterocycles. The van der Waals surface area contributed by atoms with E-state index in [9.17, 15) is 4.79 Å². The van der Waals surface area contributed by atoms with Crippen LogP contribution in [-0.2, 0) is 11.2 Å². The summed E-state index contributed by atoms with van der Waals surface area (Å²) in [7, 11) is 0. The second kappa shape index (κ2) is 6.05. The molecule has 0 aliphatic heterocycles. The number of benzene rings is 2. The number of rotatable bonds is 5. The van der Waals surface area contributed by atoms with Crippen LogP contribution in [0.3, 0.4) is 0 Å². The molecule has 0 atom stereocenters. The van der Waals surface area contributed by atoms with Crippen LogP contribution in [0.4, 0.5) is 0 Å². The van der Waals surface area contributed by atoms with Gasteiger partial charge in [-0.05, 0) is 29.7 Å². The summed E-state index contributed by atoms with van der Waals surface area (Å²) in [5.41, 5.74) is 2.96. The molecule has 1 aromatic heterocycles. The second-order valence-corrected chi connectivity index (χ2v) is 7.02. The molecule has 0 unspecified atom stereocenters. The van der Waals surface area contributed by atoms with Gasteiger partial charge in [-0.15, -0.1) is 11.8 Å². The minimum absolute atomic E-state index is 0.0561. The van der Waals surface area contributed by atoms with Crippen molar-refractivity contribution in [3.63, 3.8) is 0 Å². The van der Waals surface area contributed by atoms with E-state index in [1.165, 1.54) is 15.7 Å². The fourth-order valence-electron chi connectivity index (χ4n) is 2.65. The van der Waals surface area contributed by atoms with Crippen LogP contribution in [-0.4, -0.2) is 21.8 Å². The van der Waals surface area contributed by atoms with Gasteiger partial charge in [0.2, 0.25) is 0 Å². The van der Waals surface area contributed by atoms with Gasteiger partial charge in [-0.25, -0.2) is 0 Å². The fourth-order valence-corrected chi connectivity index (χ4v) is 3.76. The van der Waals surface area contributed by atoms with Crippen molar-refractivity contribution < 1.29 is 9.90 Å². The number of thioether (sulfide) groups is 1. The molecule has 0 spiro atoms. The van der Waals surface area contributed by atoms with E-state index in [1.807, 2.05) is 24.3 Å². The van der Waals surface area contributed by atoms with Crippen LogP contribution >= 0.6 is 11.8 Å². The zero-order chi connectivity index (χ0) is 15.7. The van der Waals surface area contributed by atoms with Gasteiger partial charge in [-0.2, -0.15) is 0 Å². The lowest BCUT2D eigenvalue weighted by atomic mass is 10.1. The molecule has 0 radical (unpaired) electrons. The predicted molar refractivity (Wildman–Crippen MR) is 92.7 cm³/mol. The summed E-state index contributed by atoms with van der Waals surface area (Å²) in [6, 6.07) is 12.2. The first kappa shape index (κ1) is 15.0. The van der Waals surface area contributed by atoms with Crippen molar-refractivity contribution in [3.8, 4) is 0 Å². The molecule has 0 amide bonds. The minimum atomic E-state index is -0.796. The molecule has 0 bridgehead atoms. The van der Waals surface area contributed by atoms with Crippen molar-refractivity contribution in [2.45, 2.75) is 25.2 Å². The number of aromatic amines is 1. The van der Waals surface area contributed by atoms with E-state index in [0.29, 0.717) is 5.92 Å². The molecule has 0 aliphatic rings. The van der Waals surface area contributed by atoms with Gasteiger partial charge < -0.3 is 10.1 Å². The van der Waals surface area contributed by atoms with Crippen molar-refractivity contribution in [2.24, 2.45) is 5.92 Å². The molecule has 4 heteroatoms. The molecule has 3 aromatic rings. The molecule has 3 nitrogen and oxygen atoms in total. The van der Waals surface area contributed by atoms with Crippen molar-refractivity contribution >= 4 is 39.5 Å². The topological polar surface area (TPSA) is 53.1 Å². The maximum Gasteiger partial charge on any atom is 0.307 e. The number of aromatic nitrogens is 1. The Hall–Kier alpha value is -1.94.